The van der Waals surface area contributed by atoms with E-state index in [0.29, 0.717) is 5.15 Å². The molecule has 4 nitrogen and oxygen atoms in total. The van der Waals surface area contributed by atoms with E-state index in [2.05, 4.69) is 15.2 Å². The van der Waals surface area contributed by atoms with Crippen LogP contribution in [0, 0.1) is 0 Å². The molecule has 0 unspecified atom stereocenters. The van der Waals surface area contributed by atoms with Crippen LogP contribution in [0.3, 0.4) is 0 Å². The first-order chi connectivity index (χ1) is 6.25. The highest BCUT2D eigenvalue weighted by molar-refractivity contribution is 8.00. The summed E-state index contributed by atoms with van der Waals surface area (Å²) in [4.78, 5) is 4.09. The van der Waals surface area contributed by atoms with Crippen LogP contribution in [0.15, 0.2) is 21.2 Å². The number of nitrogens with zero attached hydrogens (tertiary/aromatic N) is 4. The van der Waals surface area contributed by atoms with Crippen molar-refractivity contribution in [1.29, 1.82) is 0 Å². The quantitative estimate of drug-likeness (QED) is 0.795. The molecule has 68 valence electrons. The second-order valence-corrected chi connectivity index (χ2v) is 4.72. The highest BCUT2D eigenvalue weighted by Gasteiger charge is 2.06. The topological polar surface area (TPSA) is 43.6 Å². The van der Waals surface area contributed by atoms with Crippen molar-refractivity contribution in [2.45, 2.75) is 9.50 Å². The third-order valence-corrected chi connectivity index (χ3v) is 3.62. The summed E-state index contributed by atoms with van der Waals surface area (Å²) in [5.41, 5.74) is 0. The van der Waals surface area contributed by atoms with Gasteiger partial charge in [0.15, 0.2) is 9.50 Å². The molecule has 0 amide bonds. The molecule has 2 rings (SSSR count). The zero-order valence-electron chi connectivity index (χ0n) is 6.64. The fraction of sp³-hybridized carbons (Fsp3) is 0.167. The standard InChI is InChI=1S/C6H5ClN4S2/c1-11-3-8-10-5(11)13-6-9-4(7)2-12-6/h2-3H,1H3. The van der Waals surface area contributed by atoms with Crippen LogP contribution in [-0.2, 0) is 7.05 Å². The van der Waals surface area contributed by atoms with Gasteiger partial charge in [-0.1, -0.05) is 11.6 Å². The Balaban J connectivity index is 2.19. The van der Waals surface area contributed by atoms with Gasteiger partial charge in [0, 0.05) is 12.4 Å². The van der Waals surface area contributed by atoms with E-state index < -0.39 is 0 Å². The number of hydrogen-bond acceptors (Lipinski definition) is 5. The third kappa shape index (κ3) is 2.01. The van der Waals surface area contributed by atoms with Gasteiger partial charge in [-0.3, -0.25) is 0 Å². The number of aromatic nitrogens is 4. The molecule has 2 heterocycles. The van der Waals surface area contributed by atoms with E-state index in [1.165, 1.54) is 23.1 Å². The van der Waals surface area contributed by atoms with Gasteiger partial charge < -0.3 is 4.57 Å². The molecule has 0 bridgehead atoms. The van der Waals surface area contributed by atoms with Gasteiger partial charge in [0.2, 0.25) is 0 Å². The normalized spacial score (nSPS) is 10.6. The molecule has 0 aliphatic rings. The second kappa shape index (κ2) is 3.65. The van der Waals surface area contributed by atoms with Gasteiger partial charge in [-0.15, -0.1) is 21.5 Å². The summed E-state index contributed by atoms with van der Waals surface area (Å²) in [6.45, 7) is 0. The molecule has 0 aromatic carbocycles. The Morgan fingerprint density at radius 2 is 2.46 bits per heavy atom. The first-order valence-electron chi connectivity index (χ1n) is 3.38. The molecule has 0 spiro atoms. The van der Waals surface area contributed by atoms with Gasteiger partial charge in [0.05, 0.1) is 0 Å². The SMILES string of the molecule is Cn1cnnc1Sc1nc(Cl)cs1. The average Bonchev–Trinajstić information content (AvgIpc) is 2.64. The molecule has 2 aromatic rings. The monoisotopic (exact) mass is 232 g/mol. The van der Waals surface area contributed by atoms with Crippen LogP contribution >= 0.6 is 34.7 Å². The van der Waals surface area contributed by atoms with E-state index in [9.17, 15) is 0 Å². The van der Waals surface area contributed by atoms with Gasteiger partial charge in [0.1, 0.15) is 11.5 Å². The lowest BCUT2D eigenvalue weighted by Crippen LogP contribution is -1.87. The lowest BCUT2D eigenvalue weighted by Gasteiger charge is -1.94. The lowest BCUT2D eigenvalue weighted by molar-refractivity contribution is 0.788. The van der Waals surface area contributed by atoms with E-state index >= 15 is 0 Å². The Morgan fingerprint density at radius 3 is 3.00 bits per heavy atom. The minimum absolute atomic E-state index is 0.523. The minimum atomic E-state index is 0.523. The average molecular weight is 233 g/mol. The summed E-state index contributed by atoms with van der Waals surface area (Å²) in [6, 6.07) is 0. The van der Waals surface area contributed by atoms with E-state index in [4.69, 9.17) is 11.6 Å². The fourth-order valence-corrected chi connectivity index (χ4v) is 2.59. The predicted molar refractivity (Wildman–Crippen MR) is 52.3 cm³/mol. The number of aryl methyl sites for hydroxylation is 1. The summed E-state index contributed by atoms with van der Waals surface area (Å²) in [7, 11) is 1.89. The van der Waals surface area contributed by atoms with Crippen molar-refractivity contribution in [2.75, 3.05) is 0 Å². The van der Waals surface area contributed by atoms with E-state index in [1.54, 1.807) is 11.7 Å². The van der Waals surface area contributed by atoms with Crippen LogP contribution in [0.1, 0.15) is 0 Å². The van der Waals surface area contributed by atoms with Crippen molar-refractivity contribution in [3.05, 3.63) is 16.9 Å². The lowest BCUT2D eigenvalue weighted by atomic mass is 11.0. The van der Waals surface area contributed by atoms with Crippen LogP contribution in [0.5, 0.6) is 0 Å². The van der Waals surface area contributed by atoms with Crippen LogP contribution in [0.25, 0.3) is 0 Å². The van der Waals surface area contributed by atoms with Crippen molar-refractivity contribution < 1.29 is 0 Å². The summed E-state index contributed by atoms with van der Waals surface area (Å²) >= 11 is 8.63. The molecule has 13 heavy (non-hydrogen) atoms. The zero-order chi connectivity index (χ0) is 9.26. The number of thiazole rings is 1. The van der Waals surface area contributed by atoms with Crippen molar-refractivity contribution in [1.82, 2.24) is 19.7 Å². The first-order valence-corrected chi connectivity index (χ1v) is 5.46. The maximum absolute atomic E-state index is 5.68. The van der Waals surface area contributed by atoms with E-state index in [1.807, 2.05) is 11.6 Å². The molecule has 0 fully saturated rings. The third-order valence-electron chi connectivity index (χ3n) is 1.30. The van der Waals surface area contributed by atoms with Gasteiger partial charge in [-0.2, -0.15) is 0 Å². The Bertz CT molecular complexity index is 410. The van der Waals surface area contributed by atoms with Gasteiger partial charge >= 0.3 is 0 Å². The molecule has 0 atom stereocenters. The Kier molecular flexibility index (Phi) is 2.52. The molecule has 0 saturated carbocycles. The van der Waals surface area contributed by atoms with Gasteiger partial charge in [-0.05, 0) is 11.8 Å². The molecule has 0 aliphatic heterocycles. The number of hydrogen-bond donors (Lipinski definition) is 0. The molecular weight excluding hydrogens is 228 g/mol. The fourth-order valence-electron chi connectivity index (χ4n) is 0.729. The maximum atomic E-state index is 5.68. The molecule has 0 saturated heterocycles. The Hall–Kier alpha value is -0.590. The molecule has 7 heteroatoms. The predicted octanol–water partition coefficient (Wildman–Crippen LogP) is 2.08. The molecule has 2 aromatic heterocycles. The van der Waals surface area contributed by atoms with Crippen LogP contribution in [0.4, 0.5) is 0 Å². The van der Waals surface area contributed by atoms with Gasteiger partial charge in [-0.25, -0.2) is 4.98 Å². The Labute approximate surface area is 88.0 Å². The highest BCUT2D eigenvalue weighted by Crippen LogP contribution is 2.29. The second-order valence-electron chi connectivity index (χ2n) is 2.26. The van der Waals surface area contributed by atoms with E-state index in [0.717, 1.165) is 9.50 Å². The minimum Gasteiger partial charge on any atom is -0.311 e. The van der Waals surface area contributed by atoms with Crippen molar-refractivity contribution in [3.8, 4) is 0 Å². The molecule has 0 aliphatic carbocycles. The molecule has 0 radical (unpaired) electrons. The van der Waals surface area contributed by atoms with Crippen molar-refractivity contribution in [3.63, 3.8) is 0 Å². The number of rotatable bonds is 2. The summed E-state index contributed by atoms with van der Waals surface area (Å²) in [6.07, 6.45) is 1.65. The van der Waals surface area contributed by atoms with Crippen LogP contribution < -0.4 is 0 Å². The highest BCUT2D eigenvalue weighted by atomic mass is 35.5. The number of halogens is 1. The van der Waals surface area contributed by atoms with Crippen molar-refractivity contribution >= 4 is 34.7 Å². The maximum Gasteiger partial charge on any atom is 0.197 e. The molecule has 0 N–H and O–H groups in total. The first kappa shape index (κ1) is 8.98. The van der Waals surface area contributed by atoms with Gasteiger partial charge in [0.25, 0.3) is 0 Å². The summed E-state index contributed by atoms with van der Waals surface area (Å²) in [5, 5.41) is 10.8. The molecular formula is C6H5ClN4S2. The smallest absolute Gasteiger partial charge is 0.197 e. The van der Waals surface area contributed by atoms with E-state index in [-0.39, 0.29) is 0 Å². The zero-order valence-corrected chi connectivity index (χ0v) is 9.03. The van der Waals surface area contributed by atoms with Crippen LogP contribution in [0.2, 0.25) is 5.15 Å². The summed E-state index contributed by atoms with van der Waals surface area (Å²) < 4.78 is 2.71. The summed E-state index contributed by atoms with van der Waals surface area (Å²) in [5.74, 6) is 0. The van der Waals surface area contributed by atoms with Crippen molar-refractivity contribution in [2.24, 2.45) is 7.05 Å². The largest absolute Gasteiger partial charge is 0.311 e. The van der Waals surface area contributed by atoms with Crippen LogP contribution in [-0.4, -0.2) is 19.7 Å². The Morgan fingerprint density at radius 1 is 1.62 bits per heavy atom.